The molecule has 1 aliphatic heterocycles. The van der Waals surface area contributed by atoms with E-state index in [0.717, 1.165) is 25.5 Å². The van der Waals surface area contributed by atoms with Crippen LogP contribution in [0, 0.1) is 0 Å². The van der Waals surface area contributed by atoms with Gasteiger partial charge in [0, 0.05) is 26.2 Å². The number of aliphatic imine (C=N–C) groups is 1. The Kier molecular flexibility index (Phi) is 10.3. The maximum absolute atomic E-state index is 11.9. The molecule has 9 nitrogen and oxygen atoms in total. The smallest absolute Gasteiger partial charge is 0.407 e. The van der Waals surface area contributed by atoms with Gasteiger partial charge < -0.3 is 30.0 Å². The molecule has 1 aromatic heterocycles. The average Bonchev–Trinajstić information content (AvgIpc) is 3.27. The van der Waals surface area contributed by atoms with E-state index < -0.39 is 11.7 Å². The molecule has 2 amide bonds. The summed E-state index contributed by atoms with van der Waals surface area (Å²) >= 11 is 0. The fraction of sp³-hybridized carbons (Fsp3) is 0.632. The fourth-order valence-electron chi connectivity index (χ4n) is 2.80. The number of likely N-dealkylation sites (tertiary alicyclic amines) is 1. The largest absolute Gasteiger partial charge is 0.459 e. The lowest BCUT2D eigenvalue weighted by Crippen LogP contribution is -2.44. The van der Waals surface area contributed by atoms with Gasteiger partial charge in [0.25, 0.3) is 5.91 Å². The Bertz CT molecular complexity index is 673. The van der Waals surface area contributed by atoms with E-state index in [-0.39, 0.29) is 41.7 Å². The number of hydrogen-bond donors (Lipinski definition) is 3. The summed E-state index contributed by atoms with van der Waals surface area (Å²) in [5, 5.41) is 8.93. The monoisotopic (exact) mass is 521 g/mol. The third kappa shape index (κ3) is 8.92. The normalized spacial score (nSPS) is 16.8. The summed E-state index contributed by atoms with van der Waals surface area (Å²) < 4.78 is 10.4. The number of rotatable bonds is 6. The van der Waals surface area contributed by atoms with Gasteiger partial charge in [0.2, 0.25) is 0 Å². The standard InChI is InChI=1S/C19H31N5O4.HI/c1-5-20-17(22-10-9-21-16(25)15-7-6-12-27-15)24-11-8-14(13-24)23-18(26)28-19(2,3)4;/h6-7,12,14H,5,8-11,13H2,1-4H3,(H,20,22)(H,21,25)(H,23,26);1H. The fourth-order valence-corrected chi connectivity index (χ4v) is 2.80. The van der Waals surface area contributed by atoms with Gasteiger partial charge >= 0.3 is 6.09 Å². The molecule has 3 N–H and O–H groups in total. The van der Waals surface area contributed by atoms with Crippen molar-refractivity contribution in [2.75, 3.05) is 32.7 Å². The van der Waals surface area contributed by atoms with Crippen molar-refractivity contribution in [2.24, 2.45) is 4.99 Å². The third-order valence-electron chi connectivity index (χ3n) is 3.95. The molecular weight excluding hydrogens is 489 g/mol. The molecule has 1 unspecified atom stereocenters. The van der Waals surface area contributed by atoms with Crippen LogP contribution in [0.15, 0.2) is 27.8 Å². The van der Waals surface area contributed by atoms with Gasteiger partial charge in [-0.2, -0.15) is 0 Å². The Morgan fingerprint density at radius 2 is 2.10 bits per heavy atom. The molecule has 10 heteroatoms. The molecule has 1 fully saturated rings. The molecule has 0 spiro atoms. The Morgan fingerprint density at radius 1 is 1.34 bits per heavy atom. The van der Waals surface area contributed by atoms with E-state index in [1.165, 1.54) is 6.26 Å². The summed E-state index contributed by atoms with van der Waals surface area (Å²) in [5.74, 6) is 0.794. The number of nitrogens with zero attached hydrogens (tertiary/aromatic N) is 2. The average molecular weight is 521 g/mol. The van der Waals surface area contributed by atoms with Gasteiger partial charge in [-0.25, -0.2) is 4.79 Å². The predicted octanol–water partition coefficient (Wildman–Crippen LogP) is 2.19. The molecule has 2 heterocycles. The van der Waals surface area contributed by atoms with Crippen LogP contribution in [-0.4, -0.2) is 67.2 Å². The van der Waals surface area contributed by atoms with E-state index in [1.54, 1.807) is 12.1 Å². The minimum atomic E-state index is -0.515. The number of halogens is 1. The Balaban J connectivity index is 0.00000420. The molecule has 1 aliphatic rings. The first kappa shape index (κ1) is 25.1. The second kappa shape index (κ2) is 11.9. The second-order valence-electron chi connectivity index (χ2n) is 7.55. The van der Waals surface area contributed by atoms with Crippen LogP contribution < -0.4 is 16.0 Å². The molecule has 0 radical (unpaired) electrons. The van der Waals surface area contributed by atoms with Gasteiger partial charge in [-0.1, -0.05) is 0 Å². The van der Waals surface area contributed by atoms with Crippen LogP contribution in [0.25, 0.3) is 0 Å². The van der Waals surface area contributed by atoms with Crippen LogP contribution >= 0.6 is 24.0 Å². The minimum absolute atomic E-state index is 0. The van der Waals surface area contributed by atoms with Gasteiger partial charge in [0.15, 0.2) is 11.7 Å². The molecule has 0 aromatic carbocycles. The number of hydrogen-bond acceptors (Lipinski definition) is 5. The zero-order valence-corrected chi connectivity index (χ0v) is 19.8. The molecule has 1 atom stereocenters. The van der Waals surface area contributed by atoms with Gasteiger partial charge in [-0.05, 0) is 46.2 Å². The highest BCUT2D eigenvalue weighted by Gasteiger charge is 2.27. The zero-order valence-electron chi connectivity index (χ0n) is 17.5. The SMILES string of the molecule is CCNC(=NCCNC(=O)c1ccco1)N1CCC(NC(=O)OC(C)(C)C)C1.I. The zero-order chi connectivity index (χ0) is 20.6. The first-order valence-corrected chi connectivity index (χ1v) is 9.63. The van der Waals surface area contributed by atoms with E-state index in [4.69, 9.17) is 9.15 Å². The van der Waals surface area contributed by atoms with Gasteiger partial charge in [-0.15, -0.1) is 24.0 Å². The van der Waals surface area contributed by atoms with Crippen molar-refractivity contribution in [3.05, 3.63) is 24.2 Å². The third-order valence-corrected chi connectivity index (χ3v) is 3.95. The molecule has 0 bridgehead atoms. The lowest BCUT2D eigenvalue weighted by molar-refractivity contribution is 0.0507. The van der Waals surface area contributed by atoms with Crippen LogP contribution in [0.3, 0.4) is 0 Å². The van der Waals surface area contributed by atoms with E-state index in [1.807, 2.05) is 27.7 Å². The Labute approximate surface area is 189 Å². The number of guanidine groups is 1. The molecule has 1 saturated heterocycles. The maximum Gasteiger partial charge on any atom is 0.407 e. The van der Waals surface area contributed by atoms with Crippen molar-refractivity contribution in [3.8, 4) is 0 Å². The van der Waals surface area contributed by atoms with Crippen molar-refractivity contribution in [1.29, 1.82) is 0 Å². The highest BCUT2D eigenvalue weighted by Crippen LogP contribution is 2.12. The van der Waals surface area contributed by atoms with E-state index in [0.29, 0.717) is 19.6 Å². The highest BCUT2D eigenvalue weighted by atomic mass is 127. The predicted molar refractivity (Wildman–Crippen MR) is 122 cm³/mol. The Hall–Kier alpha value is -1.98. The summed E-state index contributed by atoms with van der Waals surface area (Å²) in [6.45, 7) is 10.5. The molecule has 164 valence electrons. The molecular formula is C19H32IN5O4. The van der Waals surface area contributed by atoms with Crippen LogP contribution in [0.2, 0.25) is 0 Å². The number of carbonyl (C=O) groups excluding carboxylic acids is 2. The van der Waals surface area contributed by atoms with Crippen LogP contribution in [0.4, 0.5) is 4.79 Å². The quantitative estimate of drug-likeness (QED) is 0.229. The minimum Gasteiger partial charge on any atom is -0.459 e. The van der Waals surface area contributed by atoms with Crippen molar-refractivity contribution in [2.45, 2.75) is 45.8 Å². The first-order valence-electron chi connectivity index (χ1n) is 9.63. The van der Waals surface area contributed by atoms with Crippen molar-refractivity contribution in [3.63, 3.8) is 0 Å². The van der Waals surface area contributed by atoms with Crippen molar-refractivity contribution in [1.82, 2.24) is 20.9 Å². The number of amides is 2. The number of ether oxygens (including phenoxy) is 1. The van der Waals surface area contributed by atoms with Gasteiger partial charge in [0.05, 0.1) is 18.8 Å². The topological polar surface area (TPSA) is 108 Å². The molecule has 29 heavy (non-hydrogen) atoms. The van der Waals surface area contributed by atoms with E-state index in [2.05, 4.69) is 25.8 Å². The van der Waals surface area contributed by atoms with Gasteiger partial charge in [-0.3, -0.25) is 9.79 Å². The summed E-state index contributed by atoms with van der Waals surface area (Å²) in [6.07, 6.45) is 1.88. The lowest BCUT2D eigenvalue weighted by Gasteiger charge is -2.23. The van der Waals surface area contributed by atoms with Crippen LogP contribution in [0.1, 0.15) is 44.7 Å². The van der Waals surface area contributed by atoms with Crippen LogP contribution in [0.5, 0.6) is 0 Å². The second-order valence-corrected chi connectivity index (χ2v) is 7.55. The summed E-state index contributed by atoms with van der Waals surface area (Å²) in [5.41, 5.74) is -0.515. The van der Waals surface area contributed by atoms with Crippen LogP contribution in [-0.2, 0) is 4.74 Å². The molecule has 0 saturated carbocycles. The maximum atomic E-state index is 11.9. The van der Waals surface area contributed by atoms with Gasteiger partial charge in [0.1, 0.15) is 5.60 Å². The number of nitrogens with one attached hydrogen (secondary N) is 3. The number of carbonyl (C=O) groups is 2. The highest BCUT2D eigenvalue weighted by molar-refractivity contribution is 14.0. The number of alkyl carbamates (subject to hydrolysis) is 1. The Morgan fingerprint density at radius 3 is 2.72 bits per heavy atom. The van der Waals surface area contributed by atoms with E-state index in [9.17, 15) is 9.59 Å². The molecule has 1 aromatic rings. The molecule has 2 rings (SSSR count). The van der Waals surface area contributed by atoms with Crippen molar-refractivity contribution >= 4 is 41.9 Å². The van der Waals surface area contributed by atoms with Crippen molar-refractivity contribution < 1.29 is 18.7 Å². The molecule has 0 aliphatic carbocycles. The first-order chi connectivity index (χ1) is 13.3. The summed E-state index contributed by atoms with van der Waals surface area (Å²) in [4.78, 5) is 30.5. The number of furan rings is 1. The summed E-state index contributed by atoms with van der Waals surface area (Å²) in [7, 11) is 0. The van der Waals surface area contributed by atoms with E-state index >= 15 is 0 Å². The summed E-state index contributed by atoms with van der Waals surface area (Å²) in [6, 6.07) is 3.30. The lowest BCUT2D eigenvalue weighted by atomic mass is 10.2.